The molecule has 4 aromatic heterocycles. The summed E-state index contributed by atoms with van der Waals surface area (Å²) in [5.74, 6) is 0.816. The Morgan fingerprint density at radius 2 is 2.04 bits per heavy atom. The SMILES string of the molecule is O=c1c2cc(-c3ccc(Br)cc3)nn2cnn1Cc1nc(-c2cccs2)no1. The summed E-state index contributed by atoms with van der Waals surface area (Å²) in [6, 6.07) is 13.3. The first kappa shape index (κ1) is 17.0. The number of benzene rings is 1. The highest BCUT2D eigenvalue weighted by molar-refractivity contribution is 9.10. The third-order valence-corrected chi connectivity index (χ3v) is 5.52. The number of nitrogens with zero attached hydrogens (tertiary/aromatic N) is 6. The van der Waals surface area contributed by atoms with Crippen LogP contribution in [0.1, 0.15) is 5.89 Å². The van der Waals surface area contributed by atoms with Crippen molar-refractivity contribution in [1.82, 2.24) is 29.5 Å². The van der Waals surface area contributed by atoms with Crippen LogP contribution in [0.4, 0.5) is 0 Å². The Morgan fingerprint density at radius 1 is 1.18 bits per heavy atom. The molecule has 0 aliphatic heterocycles. The van der Waals surface area contributed by atoms with E-state index in [9.17, 15) is 4.79 Å². The molecule has 4 heterocycles. The quantitative estimate of drug-likeness (QED) is 0.412. The van der Waals surface area contributed by atoms with Gasteiger partial charge in [-0.3, -0.25) is 4.79 Å². The van der Waals surface area contributed by atoms with E-state index < -0.39 is 0 Å². The molecule has 0 spiro atoms. The summed E-state index contributed by atoms with van der Waals surface area (Å²) in [7, 11) is 0. The molecule has 5 aromatic rings. The second-order valence-corrected chi connectivity index (χ2v) is 7.81. The first-order chi connectivity index (χ1) is 13.7. The van der Waals surface area contributed by atoms with Crippen molar-refractivity contribution in [1.29, 1.82) is 0 Å². The van der Waals surface area contributed by atoms with Gasteiger partial charge in [-0.1, -0.05) is 39.3 Å². The van der Waals surface area contributed by atoms with E-state index >= 15 is 0 Å². The monoisotopic (exact) mass is 454 g/mol. The van der Waals surface area contributed by atoms with E-state index in [1.807, 2.05) is 41.8 Å². The van der Waals surface area contributed by atoms with Crippen LogP contribution in [-0.2, 0) is 6.54 Å². The van der Waals surface area contributed by atoms with Gasteiger partial charge in [0.1, 0.15) is 18.4 Å². The van der Waals surface area contributed by atoms with Gasteiger partial charge in [0.2, 0.25) is 11.7 Å². The zero-order valence-electron chi connectivity index (χ0n) is 14.2. The summed E-state index contributed by atoms with van der Waals surface area (Å²) in [5.41, 5.74) is 1.75. The first-order valence-electron chi connectivity index (χ1n) is 8.25. The number of hydrogen-bond acceptors (Lipinski definition) is 7. The normalized spacial score (nSPS) is 11.3. The van der Waals surface area contributed by atoms with Crippen LogP contribution in [0.15, 0.2) is 68.0 Å². The molecule has 0 atom stereocenters. The summed E-state index contributed by atoms with van der Waals surface area (Å²) in [5, 5.41) is 14.5. The van der Waals surface area contributed by atoms with Crippen molar-refractivity contribution in [3.63, 3.8) is 0 Å². The summed E-state index contributed by atoms with van der Waals surface area (Å²) >= 11 is 4.93. The average Bonchev–Trinajstić information content (AvgIpc) is 3.45. The lowest BCUT2D eigenvalue weighted by atomic mass is 10.1. The molecule has 0 N–H and O–H groups in total. The van der Waals surface area contributed by atoms with Gasteiger partial charge in [0, 0.05) is 10.0 Å². The Morgan fingerprint density at radius 3 is 2.82 bits per heavy atom. The van der Waals surface area contributed by atoms with Crippen molar-refractivity contribution in [2.75, 3.05) is 0 Å². The molecular formula is C18H11BrN6O2S. The molecular weight excluding hydrogens is 444 g/mol. The summed E-state index contributed by atoms with van der Waals surface area (Å²) in [6.45, 7) is 0.0898. The Labute approximate surface area is 170 Å². The summed E-state index contributed by atoms with van der Waals surface area (Å²) in [4.78, 5) is 18.1. The van der Waals surface area contributed by atoms with Crippen molar-refractivity contribution in [2.45, 2.75) is 6.54 Å². The summed E-state index contributed by atoms with van der Waals surface area (Å²) in [6.07, 6.45) is 1.50. The average molecular weight is 455 g/mol. The van der Waals surface area contributed by atoms with E-state index in [-0.39, 0.29) is 12.1 Å². The number of fused-ring (bicyclic) bond motifs is 1. The predicted octanol–water partition coefficient (Wildman–Crippen LogP) is 3.48. The van der Waals surface area contributed by atoms with Gasteiger partial charge in [0.25, 0.3) is 5.56 Å². The van der Waals surface area contributed by atoms with Crippen LogP contribution in [0, 0.1) is 0 Å². The van der Waals surface area contributed by atoms with Crippen LogP contribution in [0.25, 0.3) is 27.5 Å². The van der Waals surface area contributed by atoms with Crippen LogP contribution < -0.4 is 5.56 Å². The lowest BCUT2D eigenvalue weighted by Crippen LogP contribution is -2.25. The molecule has 138 valence electrons. The molecule has 0 aliphatic carbocycles. The van der Waals surface area contributed by atoms with Crippen molar-refractivity contribution >= 4 is 32.8 Å². The number of hydrogen-bond donors (Lipinski definition) is 0. The van der Waals surface area contributed by atoms with Crippen molar-refractivity contribution < 1.29 is 4.52 Å². The van der Waals surface area contributed by atoms with Gasteiger partial charge in [0.15, 0.2) is 0 Å². The fourth-order valence-electron chi connectivity index (χ4n) is 2.77. The lowest BCUT2D eigenvalue weighted by Gasteiger charge is -2.00. The summed E-state index contributed by atoms with van der Waals surface area (Å²) < 4.78 is 9.00. The standard InChI is InChI=1S/C18H11BrN6O2S/c19-12-5-3-11(4-6-12)13-8-14-18(26)24(20-10-25(14)22-13)9-16-21-17(23-27-16)15-2-1-7-28-15/h1-8,10H,9H2. The molecule has 0 bridgehead atoms. The molecule has 8 nitrogen and oxygen atoms in total. The van der Waals surface area contributed by atoms with Crippen molar-refractivity contribution in [3.05, 3.63) is 74.9 Å². The predicted molar refractivity (Wildman–Crippen MR) is 107 cm³/mol. The largest absolute Gasteiger partial charge is 0.337 e. The fraction of sp³-hybridized carbons (Fsp3) is 0.0556. The molecule has 0 radical (unpaired) electrons. The first-order valence-corrected chi connectivity index (χ1v) is 9.92. The molecule has 28 heavy (non-hydrogen) atoms. The molecule has 0 saturated carbocycles. The Balaban J connectivity index is 1.48. The molecule has 10 heteroatoms. The van der Waals surface area contributed by atoms with Gasteiger partial charge in [0.05, 0.1) is 10.6 Å². The molecule has 1 aromatic carbocycles. The molecule has 5 rings (SSSR count). The van der Waals surface area contributed by atoms with E-state index in [4.69, 9.17) is 4.52 Å². The van der Waals surface area contributed by atoms with Crippen LogP contribution in [-0.4, -0.2) is 29.5 Å². The zero-order chi connectivity index (χ0) is 19.1. The van der Waals surface area contributed by atoms with Gasteiger partial charge in [-0.15, -0.1) is 11.3 Å². The second kappa shape index (κ2) is 6.80. The number of rotatable bonds is 4. The Bertz CT molecular complexity index is 1320. The lowest BCUT2D eigenvalue weighted by molar-refractivity contribution is 0.362. The molecule has 0 fully saturated rings. The maximum Gasteiger partial charge on any atom is 0.293 e. The third kappa shape index (κ3) is 3.06. The number of thiophene rings is 1. The Hall–Kier alpha value is -3.11. The minimum absolute atomic E-state index is 0.0898. The van der Waals surface area contributed by atoms with Crippen LogP contribution in [0.3, 0.4) is 0 Å². The van der Waals surface area contributed by atoms with E-state index in [1.165, 1.54) is 26.9 Å². The Kier molecular flexibility index (Phi) is 4.14. The highest BCUT2D eigenvalue weighted by Crippen LogP contribution is 2.22. The maximum absolute atomic E-state index is 12.8. The molecule has 0 aliphatic rings. The maximum atomic E-state index is 12.8. The van der Waals surface area contributed by atoms with Gasteiger partial charge in [-0.2, -0.15) is 15.2 Å². The smallest absolute Gasteiger partial charge is 0.293 e. The second-order valence-electron chi connectivity index (χ2n) is 5.95. The minimum Gasteiger partial charge on any atom is -0.337 e. The van der Waals surface area contributed by atoms with Gasteiger partial charge >= 0.3 is 0 Å². The van der Waals surface area contributed by atoms with E-state index in [0.29, 0.717) is 22.9 Å². The van der Waals surface area contributed by atoms with Gasteiger partial charge in [-0.25, -0.2) is 9.20 Å². The number of aromatic nitrogens is 6. The fourth-order valence-corrected chi connectivity index (χ4v) is 3.68. The third-order valence-electron chi connectivity index (χ3n) is 4.12. The highest BCUT2D eigenvalue weighted by Gasteiger charge is 2.14. The zero-order valence-corrected chi connectivity index (χ0v) is 16.6. The van der Waals surface area contributed by atoms with Gasteiger partial charge < -0.3 is 4.52 Å². The minimum atomic E-state index is -0.283. The van der Waals surface area contributed by atoms with Crippen LogP contribution in [0.5, 0.6) is 0 Å². The topological polar surface area (TPSA) is 91.1 Å². The van der Waals surface area contributed by atoms with Crippen LogP contribution >= 0.6 is 27.3 Å². The molecule has 0 saturated heterocycles. The molecule has 0 unspecified atom stereocenters. The van der Waals surface area contributed by atoms with E-state index in [2.05, 4.69) is 36.3 Å². The van der Waals surface area contributed by atoms with E-state index in [1.54, 1.807) is 6.07 Å². The van der Waals surface area contributed by atoms with Crippen molar-refractivity contribution in [3.8, 4) is 22.0 Å². The van der Waals surface area contributed by atoms with Gasteiger partial charge in [-0.05, 0) is 29.6 Å². The molecule has 0 amide bonds. The van der Waals surface area contributed by atoms with Crippen LogP contribution in [0.2, 0.25) is 0 Å². The highest BCUT2D eigenvalue weighted by atomic mass is 79.9. The van der Waals surface area contributed by atoms with E-state index in [0.717, 1.165) is 14.9 Å². The van der Waals surface area contributed by atoms with Crippen molar-refractivity contribution in [2.24, 2.45) is 0 Å². The number of halogens is 1.